The van der Waals surface area contributed by atoms with Crippen LogP contribution in [0.25, 0.3) is 0 Å². The van der Waals surface area contributed by atoms with Crippen molar-refractivity contribution in [2.75, 3.05) is 46.8 Å². The highest BCUT2D eigenvalue weighted by atomic mass is 16.7. The molecule has 0 bridgehead atoms. The van der Waals surface area contributed by atoms with E-state index in [2.05, 4.69) is 41.5 Å². The van der Waals surface area contributed by atoms with Gasteiger partial charge in [0.15, 0.2) is 0 Å². The summed E-state index contributed by atoms with van der Waals surface area (Å²) in [4.78, 5) is 0. The molecule has 0 amide bonds. The molecule has 1 fully saturated rings. The van der Waals surface area contributed by atoms with Gasteiger partial charge in [-0.3, -0.25) is 0 Å². The number of ether oxygens (including phenoxy) is 4. The Labute approximate surface area is 169 Å². The summed E-state index contributed by atoms with van der Waals surface area (Å²) < 4.78 is 34.0. The first-order valence-corrected chi connectivity index (χ1v) is 9.92. The Kier molecular flexibility index (Phi) is 8.34. The fourth-order valence-corrected chi connectivity index (χ4v) is 3.03. The highest BCUT2D eigenvalue weighted by Crippen LogP contribution is 2.37. The largest absolute Gasteiger partial charge is 0.495 e. The van der Waals surface area contributed by atoms with E-state index in [9.17, 15) is 0 Å². The van der Waals surface area contributed by atoms with Crippen LogP contribution in [0.5, 0.6) is 5.75 Å². The van der Waals surface area contributed by atoms with Crippen molar-refractivity contribution in [2.24, 2.45) is 0 Å². The Morgan fingerprint density at radius 2 is 1.25 bits per heavy atom. The Hall–Kier alpha value is -1.12. The van der Waals surface area contributed by atoms with Gasteiger partial charge in [-0.2, -0.15) is 0 Å². The Bertz CT molecular complexity index is 592. The van der Waals surface area contributed by atoms with Crippen molar-refractivity contribution in [3.8, 4) is 5.75 Å². The van der Waals surface area contributed by atoms with Gasteiger partial charge in [-0.15, -0.1) is 0 Å². The molecule has 28 heavy (non-hydrogen) atoms. The van der Waals surface area contributed by atoms with E-state index in [-0.39, 0.29) is 18.3 Å². The van der Waals surface area contributed by atoms with Gasteiger partial charge in [0.05, 0.1) is 44.2 Å². The van der Waals surface area contributed by atoms with Crippen LogP contribution in [0.15, 0.2) is 12.1 Å². The van der Waals surface area contributed by atoms with Crippen molar-refractivity contribution in [1.82, 2.24) is 0 Å². The first-order valence-electron chi connectivity index (χ1n) is 9.92. The highest BCUT2D eigenvalue weighted by molar-refractivity contribution is 6.63. The Morgan fingerprint density at radius 3 is 1.75 bits per heavy atom. The maximum absolute atomic E-state index is 6.21. The molecule has 0 unspecified atom stereocenters. The van der Waals surface area contributed by atoms with Gasteiger partial charge in [0, 0.05) is 7.11 Å². The second-order valence-electron chi connectivity index (χ2n) is 8.13. The summed E-state index contributed by atoms with van der Waals surface area (Å²) in [7, 11) is 1.29. The fraction of sp³-hybridized carbons (Fsp3) is 0.714. The SMILES string of the molecule is COCCOCCOCCOc1cc(C)c(B2OC(C)(C)C(C)(C)O2)c(C)c1. The number of rotatable bonds is 11. The summed E-state index contributed by atoms with van der Waals surface area (Å²) in [6, 6.07) is 4.06. The van der Waals surface area contributed by atoms with Gasteiger partial charge >= 0.3 is 7.12 Å². The van der Waals surface area contributed by atoms with Crippen LogP contribution < -0.4 is 10.2 Å². The smallest absolute Gasteiger partial charge is 0.491 e. The molecule has 0 radical (unpaired) electrons. The molecule has 158 valence electrons. The van der Waals surface area contributed by atoms with Gasteiger partial charge < -0.3 is 28.3 Å². The molecule has 0 N–H and O–H groups in total. The van der Waals surface area contributed by atoms with Gasteiger partial charge in [0.1, 0.15) is 12.4 Å². The van der Waals surface area contributed by atoms with Crippen LogP contribution in [0.1, 0.15) is 38.8 Å². The zero-order valence-corrected chi connectivity index (χ0v) is 18.4. The lowest BCUT2D eigenvalue weighted by molar-refractivity contribution is 0.00578. The molecule has 1 saturated heterocycles. The van der Waals surface area contributed by atoms with E-state index in [1.807, 2.05) is 12.1 Å². The van der Waals surface area contributed by atoms with E-state index >= 15 is 0 Å². The van der Waals surface area contributed by atoms with Crippen molar-refractivity contribution in [3.63, 3.8) is 0 Å². The molecule has 0 atom stereocenters. The molecule has 1 aliphatic heterocycles. The van der Waals surface area contributed by atoms with Crippen molar-refractivity contribution >= 4 is 12.6 Å². The quantitative estimate of drug-likeness (QED) is 0.425. The van der Waals surface area contributed by atoms with Gasteiger partial charge in [-0.05, 0) is 70.3 Å². The molecule has 1 heterocycles. The number of hydrogen-bond acceptors (Lipinski definition) is 6. The van der Waals surface area contributed by atoms with Gasteiger partial charge in [-0.25, -0.2) is 0 Å². The van der Waals surface area contributed by atoms with E-state index in [0.717, 1.165) is 22.3 Å². The maximum Gasteiger partial charge on any atom is 0.495 e. The van der Waals surface area contributed by atoms with Gasteiger partial charge in [-0.1, -0.05) is 0 Å². The monoisotopic (exact) mass is 394 g/mol. The standard InChI is InChI=1S/C21H35BO6/c1-16-14-18(26-13-12-25-11-10-24-9-8-23-7)15-17(2)19(16)22-27-20(3,4)21(5,6)28-22/h14-15H,8-13H2,1-7H3. The molecular formula is C21H35BO6. The normalized spacial score (nSPS) is 17.9. The summed E-state index contributed by atoms with van der Waals surface area (Å²) in [5.74, 6) is 0.829. The first kappa shape index (κ1) is 23.2. The van der Waals surface area contributed by atoms with Crippen LogP contribution in [-0.4, -0.2) is 65.1 Å². The zero-order valence-electron chi connectivity index (χ0n) is 18.4. The minimum atomic E-state index is -0.361. The minimum absolute atomic E-state index is 0.351. The molecule has 0 aliphatic carbocycles. The Balaban J connectivity index is 1.82. The Morgan fingerprint density at radius 1 is 0.786 bits per heavy atom. The lowest BCUT2D eigenvalue weighted by Gasteiger charge is -2.32. The number of benzene rings is 1. The summed E-state index contributed by atoms with van der Waals surface area (Å²) in [5, 5.41) is 0. The van der Waals surface area contributed by atoms with Gasteiger partial charge in [0.25, 0.3) is 0 Å². The van der Waals surface area contributed by atoms with E-state index < -0.39 is 0 Å². The summed E-state index contributed by atoms with van der Waals surface area (Å²) >= 11 is 0. The van der Waals surface area contributed by atoms with Crippen LogP contribution in [0.2, 0.25) is 0 Å². The van der Waals surface area contributed by atoms with Gasteiger partial charge in [0.2, 0.25) is 0 Å². The topological polar surface area (TPSA) is 55.4 Å². The highest BCUT2D eigenvalue weighted by Gasteiger charge is 2.52. The van der Waals surface area contributed by atoms with E-state index in [1.165, 1.54) is 0 Å². The molecule has 0 spiro atoms. The predicted octanol–water partition coefficient (Wildman–Crippen LogP) is 2.66. The molecular weight excluding hydrogens is 359 g/mol. The van der Waals surface area contributed by atoms with Crippen LogP contribution in [0, 0.1) is 13.8 Å². The van der Waals surface area contributed by atoms with Crippen molar-refractivity contribution in [1.29, 1.82) is 0 Å². The molecule has 2 rings (SSSR count). The van der Waals surface area contributed by atoms with Crippen molar-refractivity contribution < 1.29 is 28.3 Å². The van der Waals surface area contributed by atoms with E-state index in [4.69, 9.17) is 28.3 Å². The minimum Gasteiger partial charge on any atom is -0.491 e. The van der Waals surface area contributed by atoms with Crippen LogP contribution in [0.4, 0.5) is 0 Å². The zero-order chi connectivity index (χ0) is 20.8. The fourth-order valence-electron chi connectivity index (χ4n) is 3.03. The molecule has 0 aromatic heterocycles. The number of hydrogen-bond donors (Lipinski definition) is 0. The molecule has 7 heteroatoms. The molecule has 1 aromatic carbocycles. The second-order valence-corrected chi connectivity index (χ2v) is 8.13. The maximum atomic E-state index is 6.21. The number of aryl methyl sites for hydroxylation is 2. The summed E-state index contributed by atoms with van der Waals surface area (Å²) in [6.07, 6.45) is 0. The van der Waals surface area contributed by atoms with E-state index in [1.54, 1.807) is 7.11 Å². The molecule has 1 aromatic rings. The third-order valence-electron chi connectivity index (χ3n) is 5.36. The van der Waals surface area contributed by atoms with Crippen molar-refractivity contribution in [3.05, 3.63) is 23.3 Å². The van der Waals surface area contributed by atoms with Crippen LogP contribution in [-0.2, 0) is 23.5 Å². The molecule has 6 nitrogen and oxygen atoms in total. The lowest BCUT2D eigenvalue weighted by atomic mass is 9.73. The summed E-state index contributed by atoms with van der Waals surface area (Å²) in [5.41, 5.74) is 2.57. The van der Waals surface area contributed by atoms with E-state index in [0.29, 0.717) is 39.6 Å². The van der Waals surface area contributed by atoms with Crippen molar-refractivity contribution in [2.45, 2.75) is 52.7 Å². The van der Waals surface area contributed by atoms with Crippen LogP contribution in [0.3, 0.4) is 0 Å². The first-order chi connectivity index (χ1) is 13.2. The van der Waals surface area contributed by atoms with Crippen LogP contribution >= 0.6 is 0 Å². The predicted molar refractivity (Wildman–Crippen MR) is 111 cm³/mol. The molecule has 1 aliphatic rings. The number of methoxy groups -OCH3 is 1. The average molecular weight is 394 g/mol. The summed E-state index contributed by atoms with van der Waals surface area (Å²) in [6.45, 7) is 15.7. The lowest BCUT2D eigenvalue weighted by Crippen LogP contribution is -2.41. The second kappa shape index (κ2) is 10.1. The third kappa shape index (κ3) is 5.94. The average Bonchev–Trinajstić information content (AvgIpc) is 2.80. The molecule has 0 saturated carbocycles. The third-order valence-corrected chi connectivity index (χ3v) is 5.36.